The molecular weight excluding hydrogens is 226 g/mol. The first kappa shape index (κ1) is 13.9. The number of methoxy groups -OCH3 is 1. The van der Waals surface area contributed by atoms with Gasteiger partial charge in [0, 0.05) is 12.6 Å². The molecule has 0 aromatic rings. The van der Waals surface area contributed by atoms with Crippen LogP contribution in [0.2, 0.25) is 0 Å². The predicted molar refractivity (Wildman–Crippen MR) is 72.3 cm³/mol. The van der Waals surface area contributed by atoms with Crippen LogP contribution in [0.25, 0.3) is 0 Å². The Morgan fingerprint density at radius 2 is 1.94 bits per heavy atom. The summed E-state index contributed by atoms with van der Waals surface area (Å²) in [6.07, 6.45) is 6.09. The Kier molecular flexibility index (Phi) is 4.66. The van der Waals surface area contributed by atoms with Crippen molar-refractivity contribution in [3.8, 4) is 0 Å². The van der Waals surface area contributed by atoms with E-state index in [0.29, 0.717) is 6.04 Å². The van der Waals surface area contributed by atoms with Crippen LogP contribution in [-0.4, -0.2) is 37.1 Å². The van der Waals surface area contributed by atoms with Crippen LogP contribution in [-0.2, 0) is 9.53 Å². The fraction of sp³-hybridized carbons (Fsp3) is 0.933. The lowest BCUT2D eigenvalue weighted by Crippen LogP contribution is -2.47. The maximum Gasteiger partial charge on any atom is 0.309 e. The third-order valence-corrected chi connectivity index (χ3v) is 5.07. The summed E-state index contributed by atoms with van der Waals surface area (Å²) in [6, 6.07) is 0.698. The van der Waals surface area contributed by atoms with Gasteiger partial charge < -0.3 is 4.74 Å². The lowest BCUT2D eigenvalue weighted by Gasteiger charge is -2.42. The van der Waals surface area contributed by atoms with Crippen molar-refractivity contribution in [2.75, 3.05) is 20.2 Å². The van der Waals surface area contributed by atoms with E-state index in [4.69, 9.17) is 4.74 Å². The Morgan fingerprint density at radius 3 is 2.61 bits per heavy atom. The van der Waals surface area contributed by atoms with Gasteiger partial charge in [0.1, 0.15) is 0 Å². The Hall–Kier alpha value is -0.570. The molecule has 1 aliphatic carbocycles. The molecule has 3 nitrogen and oxygen atoms in total. The molecule has 4 unspecified atom stereocenters. The van der Waals surface area contributed by atoms with Crippen LogP contribution in [0.3, 0.4) is 0 Å². The molecule has 104 valence electrons. The van der Waals surface area contributed by atoms with Gasteiger partial charge in [-0.05, 0) is 50.5 Å². The zero-order chi connectivity index (χ0) is 13.1. The van der Waals surface area contributed by atoms with Gasteiger partial charge in [0.05, 0.1) is 13.0 Å². The Morgan fingerprint density at radius 1 is 1.17 bits per heavy atom. The van der Waals surface area contributed by atoms with E-state index in [0.717, 1.165) is 31.2 Å². The minimum Gasteiger partial charge on any atom is -0.469 e. The Bertz CT molecular complexity index is 292. The predicted octanol–water partition coefficient (Wildman–Crippen LogP) is 2.70. The third kappa shape index (κ3) is 3.05. The molecule has 1 heterocycles. The third-order valence-electron chi connectivity index (χ3n) is 5.07. The van der Waals surface area contributed by atoms with Gasteiger partial charge in [0.2, 0.25) is 0 Å². The van der Waals surface area contributed by atoms with Crippen molar-refractivity contribution in [1.29, 1.82) is 0 Å². The largest absolute Gasteiger partial charge is 0.469 e. The second kappa shape index (κ2) is 6.05. The number of nitrogens with zero attached hydrogens (tertiary/aromatic N) is 1. The van der Waals surface area contributed by atoms with E-state index in [1.54, 1.807) is 0 Å². The summed E-state index contributed by atoms with van der Waals surface area (Å²) in [5.41, 5.74) is 0. The molecule has 0 amide bonds. The molecule has 3 heteroatoms. The van der Waals surface area contributed by atoms with Crippen LogP contribution in [0.5, 0.6) is 0 Å². The number of hydrogen-bond donors (Lipinski definition) is 0. The van der Waals surface area contributed by atoms with E-state index in [2.05, 4.69) is 18.7 Å². The van der Waals surface area contributed by atoms with Crippen LogP contribution in [0, 0.1) is 17.8 Å². The number of hydrogen-bond acceptors (Lipinski definition) is 3. The van der Waals surface area contributed by atoms with Crippen LogP contribution in [0.15, 0.2) is 0 Å². The normalized spacial score (nSPS) is 38.4. The van der Waals surface area contributed by atoms with Gasteiger partial charge in [0.25, 0.3) is 0 Å². The Labute approximate surface area is 111 Å². The summed E-state index contributed by atoms with van der Waals surface area (Å²) in [5.74, 6) is 1.78. The lowest BCUT2D eigenvalue weighted by molar-refractivity contribution is -0.147. The summed E-state index contributed by atoms with van der Waals surface area (Å²) >= 11 is 0. The van der Waals surface area contributed by atoms with Gasteiger partial charge in [-0.3, -0.25) is 9.69 Å². The molecule has 2 rings (SSSR count). The Balaban J connectivity index is 1.90. The number of carbonyl (C=O) groups excluding carboxylic acids is 1. The van der Waals surface area contributed by atoms with Crippen LogP contribution in [0.4, 0.5) is 0 Å². The molecule has 0 N–H and O–H groups in total. The first-order valence-electron chi connectivity index (χ1n) is 7.43. The fourth-order valence-electron chi connectivity index (χ4n) is 3.55. The summed E-state index contributed by atoms with van der Waals surface area (Å²) in [4.78, 5) is 14.2. The number of esters is 1. The van der Waals surface area contributed by atoms with E-state index in [1.165, 1.54) is 32.9 Å². The number of piperidine rings is 1. The molecule has 0 radical (unpaired) electrons. The van der Waals surface area contributed by atoms with Gasteiger partial charge >= 0.3 is 5.97 Å². The van der Waals surface area contributed by atoms with Crippen LogP contribution >= 0.6 is 0 Å². The zero-order valence-corrected chi connectivity index (χ0v) is 12.0. The highest BCUT2D eigenvalue weighted by molar-refractivity contribution is 5.72. The van der Waals surface area contributed by atoms with Crippen molar-refractivity contribution < 1.29 is 9.53 Å². The van der Waals surface area contributed by atoms with Crippen LogP contribution in [0.1, 0.15) is 46.0 Å². The lowest BCUT2D eigenvalue weighted by atomic mass is 9.78. The molecule has 1 aliphatic heterocycles. The molecule has 0 aromatic carbocycles. The first-order chi connectivity index (χ1) is 8.61. The second-order valence-electron chi connectivity index (χ2n) is 6.28. The molecule has 0 spiro atoms. The number of carbonyl (C=O) groups is 1. The van der Waals surface area contributed by atoms with Crippen molar-refractivity contribution in [3.05, 3.63) is 0 Å². The summed E-state index contributed by atoms with van der Waals surface area (Å²) in [7, 11) is 1.51. The molecular formula is C15H27NO2. The van der Waals surface area contributed by atoms with Crippen LogP contribution < -0.4 is 0 Å². The minimum atomic E-state index is -0.0167. The molecule has 2 fully saturated rings. The molecule has 0 bridgehead atoms. The van der Waals surface area contributed by atoms with E-state index < -0.39 is 0 Å². The number of likely N-dealkylation sites (tertiary alicyclic amines) is 1. The average Bonchev–Trinajstić information content (AvgIpc) is 2.41. The van der Waals surface area contributed by atoms with E-state index in [-0.39, 0.29) is 11.9 Å². The van der Waals surface area contributed by atoms with Crippen molar-refractivity contribution in [2.45, 2.75) is 52.0 Å². The van der Waals surface area contributed by atoms with Gasteiger partial charge in [-0.1, -0.05) is 13.8 Å². The molecule has 2 aliphatic rings. The minimum absolute atomic E-state index is 0.0167. The van der Waals surface area contributed by atoms with Crippen molar-refractivity contribution in [3.63, 3.8) is 0 Å². The second-order valence-corrected chi connectivity index (χ2v) is 6.28. The fourth-order valence-corrected chi connectivity index (χ4v) is 3.55. The number of rotatable bonds is 2. The van der Waals surface area contributed by atoms with E-state index >= 15 is 0 Å². The average molecular weight is 253 g/mol. The molecule has 18 heavy (non-hydrogen) atoms. The highest BCUT2D eigenvalue weighted by Crippen LogP contribution is 2.33. The molecule has 0 aromatic heterocycles. The van der Waals surface area contributed by atoms with Gasteiger partial charge in [-0.15, -0.1) is 0 Å². The first-order valence-corrected chi connectivity index (χ1v) is 7.43. The maximum atomic E-state index is 11.7. The van der Waals surface area contributed by atoms with Gasteiger partial charge in [0.15, 0.2) is 0 Å². The maximum absolute atomic E-state index is 11.7. The summed E-state index contributed by atoms with van der Waals surface area (Å²) < 4.78 is 4.90. The number of ether oxygens (including phenoxy) is 1. The smallest absolute Gasteiger partial charge is 0.309 e. The van der Waals surface area contributed by atoms with Crippen molar-refractivity contribution in [1.82, 2.24) is 4.90 Å². The van der Waals surface area contributed by atoms with Crippen molar-refractivity contribution >= 4 is 5.97 Å². The molecule has 1 saturated heterocycles. The van der Waals surface area contributed by atoms with Crippen molar-refractivity contribution in [2.24, 2.45) is 17.8 Å². The topological polar surface area (TPSA) is 29.5 Å². The van der Waals surface area contributed by atoms with E-state index in [1.807, 2.05) is 0 Å². The van der Waals surface area contributed by atoms with Gasteiger partial charge in [-0.2, -0.15) is 0 Å². The highest BCUT2D eigenvalue weighted by Gasteiger charge is 2.33. The zero-order valence-electron chi connectivity index (χ0n) is 12.0. The highest BCUT2D eigenvalue weighted by atomic mass is 16.5. The molecule has 1 saturated carbocycles. The van der Waals surface area contributed by atoms with E-state index in [9.17, 15) is 4.79 Å². The monoisotopic (exact) mass is 253 g/mol. The standard InChI is InChI=1S/C15H27NO2/c1-11-6-7-14(9-12(11)2)16-8-4-5-13(10-16)15(17)18-3/h11-14H,4-10H2,1-3H3. The van der Waals surface area contributed by atoms with Gasteiger partial charge in [-0.25, -0.2) is 0 Å². The molecule has 4 atom stereocenters. The summed E-state index contributed by atoms with van der Waals surface area (Å²) in [5, 5.41) is 0. The SMILES string of the molecule is COC(=O)C1CCCN(C2CCC(C)C(C)C2)C1. The quantitative estimate of drug-likeness (QED) is 0.709. The summed E-state index contributed by atoms with van der Waals surface area (Å²) in [6.45, 7) is 6.82.